The Labute approximate surface area is 73.9 Å². The van der Waals surface area contributed by atoms with Crippen molar-refractivity contribution < 1.29 is 23.4 Å². The van der Waals surface area contributed by atoms with Gasteiger partial charge < -0.3 is 15.2 Å². The molecule has 1 rings (SSSR count). The number of halogens is 2. The third kappa shape index (κ3) is 3.23. The van der Waals surface area contributed by atoms with Crippen LogP contribution in [0.3, 0.4) is 0 Å². The van der Waals surface area contributed by atoms with Gasteiger partial charge in [0.2, 0.25) is 0 Å². The molecule has 0 aromatic rings. The molecule has 4 nitrogen and oxygen atoms in total. The van der Waals surface area contributed by atoms with Gasteiger partial charge in [-0.25, -0.2) is 0 Å². The molecule has 1 aliphatic rings. The van der Waals surface area contributed by atoms with Gasteiger partial charge in [-0.1, -0.05) is 0 Å². The molecule has 0 aromatic heterocycles. The molecule has 76 valence electrons. The monoisotopic (exact) mass is 195 g/mol. The number of ether oxygens (including phenoxy) is 1. The number of carbonyl (C=O) groups is 1. The minimum atomic E-state index is -2.77. The summed E-state index contributed by atoms with van der Waals surface area (Å²) < 4.78 is 27.3. The van der Waals surface area contributed by atoms with E-state index in [0.29, 0.717) is 13.0 Å². The Kier molecular flexibility index (Phi) is 3.56. The van der Waals surface area contributed by atoms with Gasteiger partial charge in [-0.3, -0.25) is 4.79 Å². The zero-order valence-electron chi connectivity index (χ0n) is 6.87. The van der Waals surface area contributed by atoms with Crippen LogP contribution in [0.4, 0.5) is 8.78 Å². The molecule has 0 saturated carbocycles. The molecule has 0 aliphatic carbocycles. The standard InChI is InChI=1S/C7H11F2NO3/c8-7(9)13-3-4-1-5(6(11)12)10-2-4/h4-5,7,10H,1-3H2,(H,11,12)/t4-,5-/m0/s1. The fourth-order valence-electron chi connectivity index (χ4n) is 1.33. The second kappa shape index (κ2) is 4.48. The quantitative estimate of drug-likeness (QED) is 0.676. The molecular formula is C7H11F2NO3. The van der Waals surface area contributed by atoms with Crippen molar-refractivity contribution in [3.63, 3.8) is 0 Å². The van der Waals surface area contributed by atoms with Gasteiger partial charge in [0.05, 0.1) is 6.61 Å². The van der Waals surface area contributed by atoms with Crippen LogP contribution in [-0.4, -0.2) is 36.9 Å². The molecule has 1 heterocycles. The first-order valence-electron chi connectivity index (χ1n) is 3.95. The zero-order chi connectivity index (χ0) is 9.84. The van der Waals surface area contributed by atoms with E-state index in [4.69, 9.17) is 5.11 Å². The van der Waals surface area contributed by atoms with E-state index >= 15 is 0 Å². The molecule has 0 bridgehead atoms. The Bertz CT molecular complexity index is 189. The van der Waals surface area contributed by atoms with Crippen LogP contribution in [0.15, 0.2) is 0 Å². The van der Waals surface area contributed by atoms with Crippen LogP contribution in [0.1, 0.15) is 6.42 Å². The van der Waals surface area contributed by atoms with Crippen LogP contribution >= 0.6 is 0 Å². The van der Waals surface area contributed by atoms with Crippen LogP contribution in [0.2, 0.25) is 0 Å². The average molecular weight is 195 g/mol. The summed E-state index contributed by atoms with van der Waals surface area (Å²) in [5.74, 6) is -1.07. The predicted octanol–water partition coefficient (Wildman–Crippen LogP) is 0.288. The second-order valence-electron chi connectivity index (χ2n) is 2.99. The molecule has 2 N–H and O–H groups in total. The summed E-state index contributed by atoms with van der Waals surface area (Å²) in [7, 11) is 0. The molecule has 1 fully saturated rings. The van der Waals surface area contributed by atoms with Gasteiger partial charge in [0, 0.05) is 6.54 Å². The third-order valence-electron chi connectivity index (χ3n) is 1.98. The maximum absolute atomic E-state index is 11.6. The van der Waals surface area contributed by atoms with Gasteiger partial charge in [0.15, 0.2) is 0 Å². The third-order valence-corrected chi connectivity index (χ3v) is 1.98. The van der Waals surface area contributed by atoms with Crippen LogP contribution in [-0.2, 0) is 9.53 Å². The normalized spacial score (nSPS) is 28.2. The summed E-state index contributed by atoms with van der Waals surface area (Å²) in [6.07, 6.45) is 0.349. The van der Waals surface area contributed by atoms with Gasteiger partial charge in [-0.15, -0.1) is 0 Å². The minimum Gasteiger partial charge on any atom is -0.480 e. The smallest absolute Gasteiger partial charge is 0.345 e. The van der Waals surface area contributed by atoms with Crippen molar-refractivity contribution in [2.24, 2.45) is 5.92 Å². The molecular weight excluding hydrogens is 184 g/mol. The predicted molar refractivity (Wildman–Crippen MR) is 39.5 cm³/mol. The van der Waals surface area contributed by atoms with Gasteiger partial charge in [0.1, 0.15) is 6.04 Å². The fraction of sp³-hybridized carbons (Fsp3) is 0.857. The van der Waals surface area contributed by atoms with E-state index in [2.05, 4.69) is 10.1 Å². The van der Waals surface area contributed by atoms with Gasteiger partial charge in [-0.2, -0.15) is 8.78 Å². The van der Waals surface area contributed by atoms with Crippen LogP contribution in [0, 0.1) is 5.92 Å². The van der Waals surface area contributed by atoms with E-state index in [1.165, 1.54) is 0 Å². The number of alkyl halides is 2. The van der Waals surface area contributed by atoms with Gasteiger partial charge in [-0.05, 0) is 12.3 Å². The highest BCUT2D eigenvalue weighted by atomic mass is 19.3. The largest absolute Gasteiger partial charge is 0.480 e. The second-order valence-corrected chi connectivity index (χ2v) is 2.99. The number of nitrogens with one attached hydrogen (secondary N) is 1. The fourth-order valence-corrected chi connectivity index (χ4v) is 1.33. The number of rotatable bonds is 4. The zero-order valence-corrected chi connectivity index (χ0v) is 6.87. The van der Waals surface area contributed by atoms with E-state index in [0.717, 1.165) is 0 Å². The lowest BCUT2D eigenvalue weighted by Crippen LogP contribution is -2.29. The van der Waals surface area contributed by atoms with Gasteiger partial charge in [0.25, 0.3) is 0 Å². The van der Waals surface area contributed by atoms with E-state index in [1.54, 1.807) is 0 Å². The Balaban J connectivity index is 2.21. The SMILES string of the molecule is O=C(O)[C@@H]1C[C@H](COC(F)F)CN1. The van der Waals surface area contributed by atoms with Crippen molar-refractivity contribution in [3.8, 4) is 0 Å². The molecule has 0 unspecified atom stereocenters. The molecule has 2 atom stereocenters. The van der Waals surface area contributed by atoms with Crippen molar-refractivity contribution in [2.45, 2.75) is 19.1 Å². The van der Waals surface area contributed by atoms with Crippen molar-refractivity contribution in [1.82, 2.24) is 5.32 Å². The molecule has 0 spiro atoms. The van der Waals surface area contributed by atoms with E-state index < -0.39 is 18.6 Å². The molecule has 0 amide bonds. The number of carboxylic acid groups (broad SMARTS) is 1. The summed E-state index contributed by atoms with van der Waals surface area (Å²) in [6.45, 7) is -2.44. The van der Waals surface area contributed by atoms with Crippen molar-refractivity contribution in [1.29, 1.82) is 0 Å². The van der Waals surface area contributed by atoms with Gasteiger partial charge >= 0.3 is 12.6 Å². The lowest BCUT2D eigenvalue weighted by atomic mass is 10.1. The Morgan fingerprint density at radius 3 is 2.85 bits per heavy atom. The summed E-state index contributed by atoms with van der Waals surface area (Å²) >= 11 is 0. The minimum absolute atomic E-state index is 0.0888. The summed E-state index contributed by atoms with van der Waals surface area (Å²) in [5, 5.41) is 11.3. The highest BCUT2D eigenvalue weighted by Gasteiger charge is 2.29. The molecule has 0 aromatic carbocycles. The van der Waals surface area contributed by atoms with Crippen LogP contribution in [0.5, 0.6) is 0 Å². The highest BCUT2D eigenvalue weighted by Crippen LogP contribution is 2.15. The molecule has 1 saturated heterocycles. The summed E-state index contributed by atoms with van der Waals surface area (Å²) in [4.78, 5) is 10.4. The van der Waals surface area contributed by atoms with E-state index in [9.17, 15) is 13.6 Å². The molecule has 13 heavy (non-hydrogen) atoms. The van der Waals surface area contributed by atoms with E-state index in [1.807, 2.05) is 0 Å². The average Bonchev–Trinajstić information content (AvgIpc) is 2.48. The van der Waals surface area contributed by atoms with Crippen LogP contribution in [0.25, 0.3) is 0 Å². The maximum atomic E-state index is 11.6. The van der Waals surface area contributed by atoms with Crippen molar-refractivity contribution in [3.05, 3.63) is 0 Å². The lowest BCUT2D eigenvalue weighted by Gasteiger charge is -2.07. The number of hydrogen-bond donors (Lipinski definition) is 2. The lowest BCUT2D eigenvalue weighted by molar-refractivity contribution is -0.140. The van der Waals surface area contributed by atoms with E-state index in [-0.39, 0.29) is 12.5 Å². The number of hydrogen-bond acceptors (Lipinski definition) is 3. The first-order chi connectivity index (χ1) is 6.09. The Morgan fingerprint density at radius 2 is 2.38 bits per heavy atom. The highest BCUT2D eigenvalue weighted by molar-refractivity contribution is 5.73. The summed E-state index contributed by atoms with van der Waals surface area (Å²) in [6, 6.07) is -0.619. The number of aliphatic carboxylic acids is 1. The molecule has 1 aliphatic heterocycles. The van der Waals surface area contributed by atoms with Crippen molar-refractivity contribution >= 4 is 5.97 Å². The first-order valence-corrected chi connectivity index (χ1v) is 3.95. The number of carboxylic acids is 1. The topological polar surface area (TPSA) is 58.6 Å². The Morgan fingerprint density at radius 1 is 1.69 bits per heavy atom. The molecule has 6 heteroatoms. The maximum Gasteiger partial charge on any atom is 0.345 e. The Hall–Kier alpha value is -0.750. The summed E-state index contributed by atoms with van der Waals surface area (Å²) in [5.41, 5.74) is 0. The molecule has 0 radical (unpaired) electrons. The first kappa shape index (κ1) is 10.3. The van der Waals surface area contributed by atoms with Crippen LogP contribution < -0.4 is 5.32 Å². The van der Waals surface area contributed by atoms with Crippen molar-refractivity contribution in [2.75, 3.05) is 13.2 Å².